The number of halogens is 1. The molecule has 2 aromatic carbocycles. The van der Waals surface area contributed by atoms with Crippen molar-refractivity contribution in [1.29, 1.82) is 0 Å². The lowest BCUT2D eigenvalue weighted by Gasteiger charge is -2.31. The van der Waals surface area contributed by atoms with E-state index in [4.69, 9.17) is 16.3 Å². The lowest BCUT2D eigenvalue weighted by atomic mass is 10.1. The first-order chi connectivity index (χ1) is 12.4. The van der Waals surface area contributed by atoms with E-state index in [0.29, 0.717) is 42.9 Å². The van der Waals surface area contributed by atoms with Crippen LogP contribution in [0.15, 0.2) is 41.3 Å². The fourth-order valence-electron chi connectivity index (χ4n) is 3.16. The number of piperidine rings is 1. The van der Waals surface area contributed by atoms with Crippen LogP contribution in [-0.4, -0.2) is 45.1 Å². The Morgan fingerprint density at radius 3 is 2.54 bits per heavy atom. The van der Waals surface area contributed by atoms with Gasteiger partial charge in [0.15, 0.2) is 0 Å². The minimum atomic E-state index is -3.73. The molecule has 0 unspecified atom stereocenters. The first-order valence-electron chi connectivity index (χ1n) is 8.53. The van der Waals surface area contributed by atoms with Crippen LogP contribution in [0.4, 0.5) is 4.79 Å². The Kier molecular flexibility index (Phi) is 5.70. The largest absolute Gasteiger partial charge is 0.450 e. The maximum absolute atomic E-state index is 12.9. The smallest absolute Gasteiger partial charge is 0.409 e. The van der Waals surface area contributed by atoms with Crippen LogP contribution in [0.5, 0.6) is 0 Å². The fourth-order valence-corrected chi connectivity index (χ4v) is 5.06. The van der Waals surface area contributed by atoms with Crippen molar-refractivity contribution >= 4 is 38.5 Å². The second-order valence-electron chi connectivity index (χ2n) is 6.18. The number of likely N-dealkylation sites (tertiary alicyclic amines) is 1. The topological polar surface area (TPSA) is 75.7 Å². The lowest BCUT2D eigenvalue weighted by molar-refractivity contribution is 0.0966. The molecule has 1 amide bonds. The predicted octanol–water partition coefficient (Wildman–Crippen LogP) is 3.39. The Bertz CT molecular complexity index is 903. The number of nitrogens with one attached hydrogen (secondary N) is 1. The summed E-state index contributed by atoms with van der Waals surface area (Å²) in [6, 6.07) is 10.2. The number of carbonyl (C=O) groups is 1. The lowest BCUT2D eigenvalue weighted by Crippen LogP contribution is -2.46. The Labute approximate surface area is 158 Å². The van der Waals surface area contributed by atoms with Gasteiger partial charge in [0, 0.05) is 29.5 Å². The van der Waals surface area contributed by atoms with Gasteiger partial charge >= 0.3 is 6.09 Å². The average molecular weight is 397 g/mol. The van der Waals surface area contributed by atoms with Gasteiger partial charge in [0.05, 0.1) is 11.5 Å². The predicted molar refractivity (Wildman–Crippen MR) is 101 cm³/mol. The van der Waals surface area contributed by atoms with Crippen LogP contribution in [0.2, 0.25) is 5.02 Å². The second kappa shape index (κ2) is 7.82. The number of rotatable bonds is 4. The van der Waals surface area contributed by atoms with Gasteiger partial charge in [-0.25, -0.2) is 17.9 Å². The highest BCUT2D eigenvalue weighted by Crippen LogP contribution is 2.30. The molecule has 6 nitrogen and oxygen atoms in total. The van der Waals surface area contributed by atoms with Crippen LogP contribution in [0.3, 0.4) is 0 Å². The molecule has 1 heterocycles. The van der Waals surface area contributed by atoms with Crippen molar-refractivity contribution in [3.63, 3.8) is 0 Å². The third-order valence-corrected chi connectivity index (χ3v) is 6.33. The molecule has 1 aliphatic rings. The molecule has 1 N–H and O–H groups in total. The molecule has 1 fully saturated rings. The summed E-state index contributed by atoms with van der Waals surface area (Å²) in [6.45, 7) is 3.01. The van der Waals surface area contributed by atoms with Crippen LogP contribution in [0.1, 0.15) is 19.8 Å². The summed E-state index contributed by atoms with van der Waals surface area (Å²) < 4.78 is 33.6. The second-order valence-corrected chi connectivity index (χ2v) is 8.27. The third-order valence-electron chi connectivity index (χ3n) is 4.45. The Morgan fingerprint density at radius 2 is 1.88 bits per heavy atom. The molecular formula is C18H21ClN2O4S. The van der Waals surface area contributed by atoms with Crippen LogP contribution in [0, 0.1) is 0 Å². The highest BCUT2D eigenvalue weighted by atomic mass is 35.5. The van der Waals surface area contributed by atoms with E-state index < -0.39 is 10.0 Å². The summed E-state index contributed by atoms with van der Waals surface area (Å²) in [6.07, 6.45) is 0.724. The number of nitrogens with zero attached hydrogens (tertiary/aromatic N) is 1. The van der Waals surface area contributed by atoms with E-state index in [9.17, 15) is 13.2 Å². The number of hydrogen-bond acceptors (Lipinski definition) is 4. The van der Waals surface area contributed by atoms with Crippen molar-refractivity contribution in [2.24, 2.45) is 0 Å². The molecular weight excluding hydrogens is 376 g/mol. The third kappa shape index (κ3) is 3.95. The van der Waals surface area contributed by atoms with E-state index in [0.717, 1.165) is 5.39 Å². The minimum absolute atomic E-state index is 0.174. The molecule has 26 heavy (non-hydrogen) atoms. The highest BCUT2D eigenvalue weighted by molar-refractivity contribution is 7.89. The number of benzene rings is 2. The van der Waals surface area contributed by atoms with Gasteiger partial charge in [0.25, 0.3) is 0 Å². The molecule has 0 atom stereocenters. The summed E-state index contributed by atoms with van der Waals surface area (Å²) in [5.74, 6) is 0. The standard InChI is InChI=1S/C18H21ClN2O4S/c1-2-25-18(22)21-11-9-14(10-12-21)20-26(23,24)16-8-4-6-13-5-3-7-15(19)17(13)16/h3-8,14,20H,2,9-12H2,1H3. The molecule has 0 aliphatic carbocycles. The number of amides is 1. The Balaban J connectivity index is 1.76. The molecule has 1 saturated heterocycles. The van der Waals surface area contributed by atoms with Crippen molar-refractivity contribution in [2.45, 2.75) is 30.7 Å². The first-order valence-corrected chi connectivity index (χ1v) is 10.4. The van der Waals surface area contributed by atoms with Crippen molar-refractivity contribution in [1.82, 2.24) is 9.62 Å². The van der Waals surface area contributed by atoms with E-state index in [1.54, 1.807) is 36.1 Å². The molecule has 1 aliphatic heterocycles. The maximum Gasteiger partial charge on any atom is 0.409 e. The van der Waals surface area contributed by atoms with Gasteiger partial charge in [0.2, 0.25) is 10.0 Å². The minimum Gasteiger partial charge on any atom is -0.450 e. The molecule has 0 bridgehead atoms. The first kappa shape index (κ1) is 18.9. The summed E-state index contributed by atoms with van der Waals surface area (Å²) >= 11 is 6.24. The van der Waals surface area contributed by atoms with Gasteiger partial charge < -0.3 is 9.64 Å². The summed E-state index contributed by atoms with van der Waals surface area (Å²) in [4.78, 5) is 13.5. The summed E-state index contributed by atoms with van der Waals surface area (Å²) in [5.41, 5.74) is 0. The summed E-state index contributed by atoms with van der Waals surface area (Å²) in [5, 5.41) is 1.70. The molecule has 0 radical (unpaired) electrons. The molecule has 0 aromatic heterocycles. The molecule has 2 aromatic rings. The quantitative estimate of drug-likeness (QED) is 0.859. The number of fused-ring (bicyclic) bond motifs is 1. The molecule has 140 valence electrons. The fraction of sp³-hybridized carbons (Fsp3) is 0.389. The molecule has 3 rings (SSSR count). The molecule has 0 saturated carbocycles. The van der Waals surface area contributed by atoms with Crippen molar-refractivity contribution < 1.29 is 17.9 Å². The van der Waals surface area contributed by atoms with Crippen molar-refractivity contribution in [3.05, 3.63) is 41.4 Å². The number of carbonyl (C=O) groups excluding carboxylic acids is 1. The number of ether oxygens (including phenoxy) is 1. The normalized spacial score (nSPS) is 16.0. The number of hydrogen-bond donors (Lipinski definition) is 1. The summed E-state index contributed by atoms with van der Waals surface area (Å²) in [7, 11) is -3.73. The van der Waals surface area contributed by atoms with E-state index in [1.165, 1.54) is 0 Å². The van der Waals surface area contributed by atoms with Crippen LogP contribution >= 0.6 is 11.6 Å². The van der Waals surface area contributed by atoms with Gasteiger partial charge in [-0.05, 0) is 37.3 Å². The van der Waals surface area contributed by atoms with E-state index in [2.05, 4.69) is 4.72 Å². The molecule has 8 heteroatoms. The molecule has 0 spiro atoms. The van der Waals surface area contributed by atoms with Crippen LogP contribution < -0.4 is 4.72 Å². The van der Waals surface area contributed by atoms with E-state index in [-0.39, 0.29) is 17.0 Å². The van der Waals surface area contributed by atoms with E-state index in [1.807, 2.05) is 12.1 Å². The Morgan fingerprint density at radius 1 is 1.23 bits per heavy atom. The SMILES string of the molecule is CCOC(=O)N1CCC(NS(=O)(=O)c2cccc3cccc(Cl)c23)CC1. The van der Waals surface area contributed by atoms with Crippen molar-refractivity contribution in [3.8, 4) is 0 Å². The van der Waals surface area contributed by atoms with Gasteiger partial charge in [-0.3, -0.25) is 0 Å². The van der Waals surface area contributed by atoms with Gasteiger partial charge in [0.1, 0.15) is 0 Å². The number of sulfonamides is 1. The average Bonchev–Trinajstić information content (AvgIpc) is 2.62. The van der Waals surface area contributed by atoms with Gasteiger partial charge in [-0.2, -0.15) is 0 Å². The highest BCUT2D eigenvalue weighted by Gasteiger charge is 2.28. The van der Waals surface area contributed by atoms with E-state index >= 15 is 0 Å². The maximum atomic E-state index is 12.9. The van der Waals surface area contributed by atoms with Gasteiger partial charge in [-0.1, -0.05) is 35.9 Å². The Hall–Kier alpha value is -1.83. The zero-order valence-corrected chi connectivity index (χ0v) is 16.0. The zero-order valence-electron chi connectivity index (χ0n) is 14.4. The van der Waals surface area contributed by atoms with Crippen LogP contribution in [-0.2, 0) is 14.8 Å². The zero-order chi connectivity index (χ0) is 18.7. The van der Waals surface area contributed by atoms with Gasteiger partial charge in [-0.15, -0.1) is 0 Å². The van der Waals surface area contributed by atoms with Crippen molar-refractivity contribution in [2.75, 3.05) is 19.7 Å². The monoisotopic (exact) mass is 396 g/mol. The van der Waals surface area contributed by atoms with Crippen LogP contribution in [0.25, 0.3) is 10.8 Å².